The number of rotatable bonds is 3. The van der Waals surface area contributed by atoms with Gasteiger partial charge in [0.25, 0.3) is 0 Å². The van der Waals surface area contributed by atoms with Gasteiger partial charge in [0.1, 0.15) is 0 Å². The second-order valence-corrected chi connectivity index (χ2v) is 2.86. The molecule has 1 aliphatic heterocycles. The fourth-order valence-electron chi connectivity index (χ4n) is 1.16. The third-order valence-corrected chi connectivity index (χ3v) is 1.79. The van der Waals surface area contributed by atoms with E-state index in [1.165, 1.54) is 6.42 Å². The van der Waals surface area contributed by atoms with Crippen molar-refractivity contribution in [3.8, 4) is 0 Å². The van der Waals surface area contributed by atoms with Crippen LogP contribution in [0.25, 0.3) is 0 Å². The summed E-state index contributed by atoms with van der Waals surface area (Å²) in [6, 6.07) is 0. The van der Waals surface area contributed by atoms with Crippen molar-refractivity contribution >= 4 is 11.8 Å². The minimum absolute atomic E-state index is 0.166. The fraction of sp³-hybridized carbons (Fsp3) is 0.750. The first-order valence-corrected chi connectivity index (χ1v) is 4.28. The number of hydrogen-bond acceptors (Lipinski definition) is 3. The first kappa shape index (κ1) is 9.03. The summed E-state index contributed by atoms with van der Waals surface area (Å²) >= 11 is 0. The van der Waals surface area contributed by atoms with Gasteiger partial charge in [0.05, 0.1) is 12.3 Å². The summed E-state index contributed by atoms with van der Waals surface area (Å²) in [6.45, 7) is 1.38. The molecule has 0 aromatic rings. The molecule has 0 amide bonds. The van der Waals surface area contributed by atoms with Crippen molar-refractivity contribution in [1.29, 1.82) is 0 Å². The van der Waals surface area contributed by atoms with E-state index >= 15 is 0 Å². The number of amidine groups is 1. The highest BCUT2D eigenvalue weighted by Crippen LogP contribution is 2.03. The Kier molecular flexibility index (Phi) is 3.57. The number of nitrogens with zero attached hydrogens (tertiary/aromatic N) is 1. The van der Waals surface area contributed by atoms with Crippen molar-refractivity contribution in [2.24, 2.45) is 4.99 Å². The maximum Gasteiger partial charge on any atom is 0.305 e. The molecule has 0 spiro atoms. The number of hydrogen-bond donors (Lipinski definition) is 2. The smallest absolute Gasteiger partial charge is 0.305 e. The van der Waals surface area contributed by atoms with E-state index < -0.39 is 5.97 Å². The molecule has 0 bridgehead atoms. The predicted octanol–water partition coefficient (Wildman–Crippen LogP) is 0.633. The maximum atomic E-state index is 10.2. The third-order valence-electron chi connectivity index (χ3n) is 1.79. The average molecular weight is 170 g/mol. The van der Waals surface area contributed by atoms with E-state index in [0.717, 1.165) is 25.2 Å². The Morgan fingerprint density at radius 1 is 1.58 bits per heavy atom. The molecule has 2 N–H and O–H groups in total. The van der Waals surface area contributed by atoms with Gasteiger partial charge in [0, 0.05) is 19.5 Å². The Labute approximate surface area is 71.7 Å². The lowest BCUT2D eigenvalue weighted by Crippen LogP contribution is -2.27. The average Bonchev–Trinajstić information content (AvgIpc) is 2.05. The van der Waals surface area contributed by atoms with Crippen molar-refractivity contribution in [2.45, 2.75) is 25.7 Å². The van der Waals surface area contributed by atoms with Crippen LogP contribution in [0.15, 0.2) is 4.99 Å². The van der Waals surface area contributed by atoms with Crippen LogP contribution in [0.2, 0.25) is 0 Å². The summed E-state index contributed by atoms with van der Waals surface area (Å²) in [5.74, 6) is 0.210. The zero-order valence-corrected chi connectivity index (χ0v) is 7.05. The summed E-state index contributed by atoms with van der Waals surface area (Å²) in [5, 5.41) is 11.4. The first-order chi connectivity index (χ1) is 5.79. The van der Waals surface area contributed by atoms with Crippen LogP contribution in [0.4, 0.5) is 0 Å². The molecule has 0 aromatic heterocycles. The van der Waals surface area contributed by atoms with Gasteiger partial charge in [-0.3, -0.25) is 9.79 Å². The molecule has 0 radical (unpaired) electrons. The van der Waals surface area contributed by atoms with E-state index in [1.54, 1.807) is 0 Å². The molecule has 4 nitrogen and oxygen atoms in total. The van der Waals surface area contributed by atoms with Gasteiger partial charge >= 0.3 is 5.97 Å². The quantitative estimate of drug-likeness (QED) is 0.653. The van der Waals surface area contributed by atoms with Crippen molar-refractivity contribution in [1.82, 2.24) is 5.32 Å². The lowest BCUT2D eigenvalue weighted by Gasteiger charge is -2.12. The summed E-state index contributed by atoms with van der Waals surface area (Å²) in [6.07, 6.45) is 3.46. The summed E-state index contributed by atoms with van der Waals surface area (Å²) < 4.78 is 0. The van der Waals surface area contributed by atoms with E-state index in [-0.39, 0.29) is 6.42 Å². The summed E-state index contributed by atoms with van der Waals surface area (Å²) in [5.41, 5.74) is 0. The van der Waals surface area contributed by atoms with Crippen molar-refractivity contribution in [3.05, 3.63) is 0 Å². The van der Waals surface area contributed by atoms with E-state index in [0.29, 0.717) is 6.54 Å². The van der Waals surface area contributed by atoms with Crippen LogP contribution in [0.3, 0.4) is 0 Å². The van der Waals surface area contributed by atoms with Crippen LogP contribution < -0.4 is 5.32 Å². The molecule has 0 aliphatic carbocycles. The van der Waals surface area contributed by atoms with E-state index in [9.17, 15) is 4.79 Å². The van der Waals surface area contributed by atoms with Gasteiger partial charge in [-0.2, -0.15) is 0 Å². The number of carboxylic acid groups (broad SMARTS) is 1. The molecule has 0 unspecified atom stereocenters. The number of aliphatic imine (C=N–C) groups is 1. The van der Waals surface area contributed by atoms with Gasteiger partial charge in [-0.1, -0.05) is 0 Å². The Hall–Kier alpha value is -1.06. The zero-order chi connectivity index (χ0) is 8.81. The van der Waals surface area contributed by atoms with Crippen molar-refractivity contribution in [3.63, 3.8) is 0 Å². The monoisotopic (exact) mass is 170 g/mol. The standard InChI is InChI=1S/C8H14N2O2/c11-8(12)4-6-10-7-3-1-2-5-9-7/h1-6H2,(H,9,10)(H,11,12). The van der Waals surface area contributed by atoms with Crippen LogP contribution >= 0.6 is 0 Å². The third kappa shape index (κ3) is 3.37. The zero-order valence-electron chi connectivity index (χ0n) is 7.05. The number of aliphatic carboxylic acids is 1. The topological polar surface area (TPSA) is 61.7 Å². The minimum Gasteiger partial charge on any atom is -0.481 e. The predicted molar refractivity (Wildman–Crippen MR) is 46.4 cm³/mol. The molecular formula is C8H14N2O2. The van der Waals surface area contributed by atoms with Gasteiger partial charge < -0.3 is 10.4 Å². The summed E-state index contributed by atoms with van der Waals surface area (Å²) in [4.78, 5) is 14.4. The van der Waals surface area contributed by atoms with Crippen molar-refractivity contribution in [2.75, 3.05) is 13.1 Å². The molecular weight excluding hydrogens is 156 g/mol. The Morgan fingerprint density at radius 3 is 3.00 bits per heavy atom. The van der Waals surface area contributed by atoms with Crippen LogP contribution in [-0.2, 0) is 4.79 Å². The van der Waals surface area contributed by atoms with Crippen molar-refractivity contribution < 1.29 is 9.90 Å². The lowest BCUT2D eigenvalue weighted by atomic mass is 10.2. The van der Waals surface area contributed by atoms with Crippen LogP contribution in [0, 0.1) is 0 Å². The number of carbonyl (C=O) groups is 1. The second kappa shape index (κ2) is 4.74. The molecule has 0 aromatic carbocycles. The molecule has 0 atom stereocenters. The normalized spacial score (nSPS) is 16.8. The summed E-state index contributed by atoms with van der Waals surface area (Å²) in [7, 11) is 0. The van der Waals surface area contributed by atoms with E-state index in [1.807, 2.05) is 0 Å². The number of nitrogens with one attached hydrogen (secondary N) is 1. The molecule has 12 heavy (non-hydrogen) atoms. The minimum atomic E-state index is -0.765. The molecule has 1 heterocycles. The highest BCUT2D eigenvalue weighted by Gasteiger charge is 2.04. The second-order valence-electron chi connectivity index (χ2n) is 2.86. The molecule has 0 saturated carbocycles. The van der Waals surface area contributed by atoms with Gasteiger partial charge in [0.2, 0.25) is 0 Å². The lowest BCUT2D eigenvalue weighted by molar-refractivity contribution is -0.136. The van der Waals surface area contributed by atoms with Crippen LogP contribution in [0.1, 0.15) is 25.7 Å². The Bertz CT molecular complexity index is 189. The number of carboxylic acids is 1. The fourth-order valence-corrected chi connectivity index (χ4v) is 1.16. The SMILES string of the molecule is O=C(O)CCNC1=NCCCC1. The van der Waals surface area contributed by atoms with Crippen LogP contribution in [-0.4, -0.2) is 30.0 Å². The largest absolute Gasteiger partial charge is 0.481 e. The van der Waals surface area contributed by atoms with E-state index in [4.69, 9.17) is 5.11 Å². The van der Waals surface area contributed by atoms with Gasteiger partial charge in [-0.15, -0.1) is 0 Å². The van der Waals surface area contributed by atoms with Gasteiger partial charge in [-0.25, -0.2) is 0 Å². The maximum absolute atomic E-state index is 10.2. The molecule has 0 saturated heterocycles. The molecule has 4 heteroatoms. The molecule has 1 aliphatic rings. The highest BCUT2D eigenvalue weighted by molar-refractivity contribution is 5.83. The Morgan fingerprint density at radius 2 is 2.42 bits per heavy atom. The highest BCUT2D eigenvalue weighted by atomic mass is 16.4. The first-order valence-electron chi connectivity index (χ1n) is 4.28. The van der Waals surface area contributed by atoms with Gasteiger partial charge in [-0.05, 0) is 12.8 Å². The molecule has 1 rings (SSSR count). The van der Waals surface area contributed by atoms with Gasteiger partial charge in [0.15, 0.2) is 0 Å². The molecule has 0 fully saturated rings. The molecule has 68 valence electrons. The Balaban J connectivity index is 2.13. The van der Waals surface area contributed by atoms with Crippen LogP contribution in [0.5, 0.6) is 0 Å². The van der Waals surface area contributed by atoms with E-state index in [2.05, 4.69) is 10.3 Å².